The standard InChI is InChI=1S/C14H7Cl2NO3/c15-9-2-4-11(14(18)19)13(5-9)20-10-3-1-8(7-17)12(16)6-10/h1-6H,(H,18,19). The minimum atomic E-state index is -1.13. The molecule has 0 aromatic heterocycles. The van der Waals surface area contributed by atoms with Crippen molar-refractivity contribution in [1.29, 1.82) is 5.26 Å². The summed E-state index contributed by atoms with van der Waals surface area (Å²) in [7, 11) is 0. The van der Waals surface area contributed by atoms with E-state index in [1.165, 1.54) is 36.4 Å². The molecule has 0 atom stereocenters. The Labute approximate surface area is 124 Å². The number of rotatable bonds is 3. The third-order valence-corrected chi connectivity index (χ3v) is 3.01. The summed E-state index contributed by atoms with van der Waals surface area (Å²) in [6.07, 6.45) is 0. The number of aromatic carboxylic acids is 1. The normalized spacial score (nSPS) is 9.85. The molecule has 0 fully saturated rings. The molecule has 2 rings (SSSR count). The Balaban J connectivity index is 2.39. The van der Waals surface area contributed by atoms with E-state index >= 15 is 0 Å². The molecule has 0 heterocycles. The molecule has 0 aliphatic rings. The van der Waals surface area contributed by atoms with Crippen molar-refractivity contribution in [1.82, 2.24) is 0 Å². The van der Waals surface area contributed by atoms with E-state index in [9.17, 15) is 4.79 Å². The van der Waals surface area contributed by atoms with Crippen LogP contribution in [0.4, 0.5) is 0 Å². The highest BCUT2D eigenvalue weighted by Crippen LogP contribution is 2.30. The zero-order chi connectivity index (χ0) is 14.7. The lowest BCUT2D eigenvalue weighted by Gasteiger charge is -2.09. The molecular weight excluding hydrogens is 301 g/mol. The monoisotopic (exact) mass is 307 g/mol. The van der Waals surface area contributed by atoms with Crippen LogP contribution >= 0.6 is 23.2 Å². The van der Waals surface area contributed by atoms with Gasteiger partial charge in [-0.1, -0.05) is 23.2 Å². The summed E-state index contributed by atoms with van der Waals surface area (Å²) < 4.78 is 5.47. The fraction of sp³-hybridized carbons (Fsp3) is 0. The van der Waals surface area contributed by atoms with Crippen molar-refractivity contribution in [2.75, 3.05) is 0 Å². The maximum atomic E-state index is 11.1. The van der Waals surface area contributed by atoms with Gasteiger partial charge in [-0.05, 0) is 24.3 Å². The Hall–Kier alpha value is -2.22. The molecule has 0 bridgehead atoms. The second kappa shape index (κ2) is 5.83. The molecule has 0 amide bonds. The van der Waals surface area contributed by atoms with E-state index in [0.29, 0.717) is 16.3 Å². The number of hydrogen-bond acceptors (Lipinski definition) is 3. The van der Waals surface area contributed by atoms with Crippen molar-refractivity contribution in [3.05, 3.63) is 57.6 Å². The summed E-state index contributed by atoms with van der Waals surface area (Å²) in [5.41, 5.74) is 0.290. The minimum absolute atomic E-state index is 0.0186. The van der Waals surface area contributed by atoms with Crippen molar-refractivity contribution in [2.45, 2.75) is 0 Å². The summed E-state index contributed by atoms with van der Waals surface area (Å²) in [5, 5.41) is 18.4. The van der Waals surface area contributed by atoms with Gasteiger partial charge in [-0.3, -0.25) is 0 Å². The zero-order valence-electron chi connectivity index (χ0n) is 9.93. The van der Waals surface area contributed by atoms with Crippen LogP contribution in [0.25, 0.3) is 0 Å². The Bertz CT molecular complexity index is 723. The molecule has 2 aromatic carbocycles. The molecule has 20 heavy (non-hydrogen) atoms. The molecular formula is C14H7Cl2NO3. The molecule has 100 valence electrons. The van der Waals surface area contributed by atoms with E-state index in [-0.39, 0.29) is 16.3 Å². The maximum Gasteiger partial charge on any atom is 0.339 e. The van der Waals surface area contributed by atoms with E-state index in [0.717, 1.165) is 0 Å². The first-order valence-electron chi connectivity index (χ1n) is 5.41. The molecule has 0 saturated carbocycles. The van der Waals surface area contributed by atoms with Crippen molar-refractivity contribution >= 4 is 29.2 Å². The van der Waals surface area contributed by atoms with Crippen LogP contribution < -0.4 is 4.74 Å². The van der Waals surface area contributed by atoms with Crippen LogP contribution in [-0.2, 0) is 0 Å². The van der Waals surface area contributed by atoms with Gasteiger partial charge in [-0.25, -0.2) is 4.79 Å². The number of ether oxygens (including phenoxy) is 1. The third-order valence-electron chi connectivity index (χ3n) is 2.46. The van der Waals surface area contributed by atoms with Crippen molar-refractivity contribution < 1.29 is 14.6 Å². The SMILES string of the molecule is N#Cc1ccc(Oc2cc(Cl)ccc2C(=O)O)cc1Cl. The molecule has 0 aliphatic heterocycles. The highest BCUT2D eigenvalue weighted by molar-refractivity contribution is 6.32. The third kappa shape index (κ3) is 3.02. The van der Waals surface area contributed by atoms with Gasteiger partial charge in [0.25, 0.3) is 0 Å². The number of benzene rings is 2. The maximum absolute atomic E-state index is 11.1. The fourth-order valence-electron chi connectivity index (χ4n) is 1.53. The molecule has 0 spiro atoms. The second-order valence-corrected chi connectivity index (χ2v) is 4.64. The lowest BCUT2D eigenvalue weighted by Crippen LogP contribution is -1.99. The summed E-state index contributed by atoms with van der Waals surface area (Å²) in [5.74, 6) is -0.707. The largest absolute Gasteiger partial charge is 0.478 e. The van der Waals surface area contributed by atoms with Crippen LogP contribution in [0, 0.1) is 11.3 Å². The summed E-state index contributed by atoms with van der Waals surface area (Å²) >= 11 is 11.7. The Kier molecular flexibility index (Phi) is 4.14. The van der Waals surface area contributed by atoms with Gasteiger partial charge < -0.3 is 9.84 Å². The van der Waals surface area contributed by atoms with Gasteiger partial charge in [0.05, 0.1) is 10.6 Å². The highest BCUT2D eigenvalue weighted by Gasteiger charge is 2.13. The summed E-state index contributed by atoms with van der Waals surface area (Å²) in [4.78, 5) is 11.1. The Morgan fingerprint density at radius 2 is 1.95 bits per heavy atom. The van der Waals surface area contributed by atoms with Gasteiger partial charge in [0, 0.05) is 17.2 Å². The van der Waals surface area contributed by atoms with Gasteiger partial charge >= 0.3 is 5.97 Å². The number of carboxylic acids is 1. The molecule has 0 radical (unpaired) electrons. The predicted octanol–water partition coefficient (Wildman–Crippen LogP) is 4.36. The van der Waals surface area contributed by atoms with Crippen LogP contribution in [0.15, 0.2) is 36.4 Å². The second-order valence-electron chi connectivity index (χ2n) is 3.80. The van der Waals surface area contributed by atoms with Gasteiger partial charge in [0.15, 0.2) is 0 Å². The highest BCUT2D eigenvalue weighted by atomic mass is 35.5. The molecule has 0 unspecified atom stereocenters. The van der Waals surface area contributed by atoms with Gasteiger partial charge in [-0.2, -0.15) is 5.26 Å². The van der Waals surface area contributed by atoms with Crippen LogP contribution in [0.1, 0.15) is 15.9 Å². The first kappa shape index (κ1) is 14.2. The Morgan fingerprint density at radius 3 is 2.55 bits per heavy atom. The minimum Gasteiger partial charge on any atom is -0.478 e. The van der Waals surface area contributed by atoms with E-state index < -0.39 is 5.97 Å². The van der Waals surface area contributed by atoms with Crippen LogP contribution in [0.2, 0.25) is 10.0 Å². The summed E-state index contributed by atoms with van der Waals surface area (Å²) in [6.45, 7) is 0. The quantitative estimate of drug-likeness (QED) is 0.914. The molecule has 6 heteroatoms. The topological polar surface area (TPSA) is 70.3 Å². The van der Waals surface area contributed by atoms with E-state index in [4.69, 9.17) is 38.3 Å². The molecule has 1 N–H and O–H groups in total. The number of carboxylic acid groups (broad SMARTS) is 1. The number of carbonyl (C=O) groups is 1. The van der Waals surface area contributed by atoms with E-state index in [2.05, 4.69) is 0 Å². The first-order valence-corrected chi connectivity index (χ1v) is 6.17. The molecule has 0 aliphatic carbocycles. The molecule has 4 nitrogen and oxygen atoms in total. The number of hydrogen-bond donors (Lipinski definition) is 1. The first-order chi connectivity index (χ1) is 9.51. The van der Waals surface area contributed by atoms with Gasteiger partial charge in [0.2, 0.25) is 0 Å². The predicted molar refractivity (Wildman–Crippen MR) is 74.7 cm³/mol. The fourth-order valence-corrected chi connectivity index (χ4v) is 1.91. The van der Waals surface area contributed by atoms with Crippen LogP contribution in [-0.4, -0.2) is 11.1 Å². The number of nitriles is 1. The van der Waals surface area contributed by atoms with Crippen LogP contribution in [0.3, 0.4) is 0 Å². The Morgan fingerprint density at radius 1 is 1.20 bits per heavy atom. The molecule has 2 aromatic rings. The zero-order valence-corrected chi connectivity index (χ0v) is 11.4. The average Bonchev–Trinajstić information content (AvgIpc) is 2.38. The molecule has 0 saturated heterocycles. The number of halogens is 2. The van der Waals surface area contributed by atoms with Crippen molar-refractivity contribution in [3.8, 4) is 17.6 Å². The van der Waals surface area contributed by atoms with Crippen LogP contribution in [0.5, 0.6) is 11.5 Å². The lowest BCUT2D eigenvalue weighted by molar-refractivity contribution is 0.0694. The smallest absolute Gasteiger partial charge is 0.339 e. The van der Waals surface area contributed by atoms with E-state index in [1.807, 2.05) is 6.07 Å². The van der Waals surface area contributed by atoms with E-state index in [1.54, 1.807) is 0 Å². The lowest BCUT2D eigenvalue weighted by atomic mass is 10.2. The van der Waals surface area contributed by atoms with Crippen molar-refractivity contribution in [2.24, 2.45) is 0 Å². The van der Waals surface area contributed by atoms with Crippen molar-refractivity contribution in [3.63, 3.8) is 0 Å². The summed E-state index contributed by atoms with van der Waals surface area (Å²) in [6, 6.07) is 10.6. The van der Waals surface area contributed by atoms with Gasteiger partial charge in [-0.15, -0.1) is 0 Å². The van der Waals surface area contributed by atoms with Gasteiger partial charge in [0.1, 0.15) is 23.1 Å². The number of nitrogens with zero attached hydrogens (tertiary/aromatic N) is 1. The average molecular weight is 308 g/mol.